The van der Waals surface area contributed by atoms with Gasteiger partial charge in [-0.25, -0.2) is 14.8 Å². The highest BCUT2D eigenvalue weighted by atomic mass is 19.1. The minimum atomic E-state index is -0.295. The summed E-state index contributed by atoms with van der Waals surface area (Å²) < 4.78 is 13.5. The van der Waals surface area contributed by atoms with E-state index < -0.39 is 0 Å². The Labute approximate surface area is 157 Å². The Balaban J connectivity index is 1.34. The maximum atomic E-state index is 13.5. The summed E-state index contributed by atoms with van der Waals surface area (Å²) in [6.45, 7) is 2.18. The molecule has 3 N–H and O–H groups in total. The van der Waals surface area contributed by atoms with Crippen LogP contribution in [0, 0.1) is 11.7 Å². The van der Waals surface area contributed by atoms with Gasteiger partial charge in [0, 0.05) is 38.1 Å². The lowest BCUT2D eigenvalue weighted by atomic mass is 9.93. The van der Waals surface area contributed by atoms with Gasteiger partial charge >= 0.3 is 0 Å². The molecule has 1 aromatic heterocycles. The van der Waals surface area contributed by atoms with Crippen LogP contribution in [0.25, 0.3) is 0 Å². The lowest BCUT2D eigenvalue weighted by molar-refractivity contribution is -0.125. The standard InChI is InChI=1S/C19H23FN6O/c20-14-3-1-2-13(10-14)18-16(11-23-25-18)19(27)24-15-4-8-26(9-5-15)17-12-21-6-7-22-17/h1-3,6-7,10,12,15-16,18,23,25H,4-5,8-9,11H2,(H,24,27). The summed E-state index contributed by atoms with van der Waals surface area (Å²) in [5.74, 6) is 0.305. The summed E-state index contributed by atoms with van der Waals surface area (Å²) >= 11 is 0. The number of hydrazine groups is 1. The Hall–Kier alpha value is -2.58. The van der Waals surface area contributed by atoms with Gasteiger partial charge in [0.05, 0.1) is 18.2 Å². The molecule has 7 nitrogen and oxygen atoms in total. The highest BCUT2D eigenvalue weighted by Crippen LogP contribution is 2.26. The number of halogens is 1. The predicted molar refractivity (Wildman–Crippen MR) is 99.2 cm³/mol. The number of amides is 1. The van der Waals surface area contributed by atoms with E-state index in [9.17, 15) is 9.18 Å². The average molecular weight is 370 g/mol. The Bertz CT molecular complexity index is 781. The first-order valence-electron chi connectivity index (χ1n) is 9.26. The number of carbonyl (C=O) groups excluding carboxylic acids is 1. The molecular formula is C19H23FN6O. The number of nitrogens with one attached hydrogen (secondary N) is 3. The first kappa shape index (κ1) is 17.8. The summed E-state index contributed by atoms with van der Waals surface area (Å²) in [7, 11) is 0. The van der Waals surface area contributed by atoms with Gasteiger partial charge in [0.25, 0.3) is 0 Å². The lowest BCUT2D eigenvalue weighted by Crippen LogP contribution is -2.47. The first-order chi connectivity index (χ1) is 13.2. The van der Waals surface area contributed by atoms with Crippen LogP contribution in [-0.2, 0) is 4.79 Å². The van der Waals surface area contributed by atoms with Crippen molar-refractivity contribution in [3.05, 3.63) is 54.2 Å². The van der Waals surface area contributed by atoms with Crippen LogP contribution < -0.4 is 21.1 Å². The fourth-order valence-electron chi connectivity index (χ4n) is 3.77. The summed E-state index contributed by atoms with van der Waals surface area (Å²) in [5.41, 5.74) is 6.90. The number of nitrogens with zero attached hydrogens (tertiary/aromatic N) is 3. The molecule has 2 aliphatic rings. The summed E-state index contributed by atoms with van der Waals surface area (Å²) in [6.07, 6.45) is 6.84. The van der Waals surface area contributed by atoms with E-state index in [-0.39, 0.29) is 29.7 Å². The number of aromatic nitrogens is 2. The second kappa shape index (κ2) is 7.98. The van der Waals surface area contributed by atoms with E-state index in [2.05, 4.69) is 31.0 Å². The third-order valence-corrected chi connectivity index (χ3v) is 5.24. The molecule has 0 bridgehead atoms. The van der Waals surface area contributed by atoms with Gasteiger partial charge in [0.15, 0.2) is 0 Å². The Morgan fingerprint density at radius 3 is 2.85 bits per heavy atom. The van der Waals surface area contributed by atoms with Gasteiger partial charge in [0.1, 0.15) is 11.6 Å². The van der Waals surface area contributed by atoms with Crippen LogP contribution >= 0.6 is 0 Å². The molecule has 2 fully saturated rings. The lowest BCUT2D eigenvalue weighted by Gasteiger charge is -2.33. The van der Waals surface area contributed by atoms with E-state index in [1.54, 1.807) is 24.7 Å². The van der Waals surface area contributed by atoms with Crippen LogP contribution in [0.1, 0.15) is 24.4 Å². The molecule has 2 atom stereocenters. The third kappa shape index (κ3) is 4.06. The number of benzene rings is 1. The van der Waals surface area contributed by atoms with Crippen molar-refractivity contribution in [2.45, 2.75) is 24.9 Å². The van der Waals surface area contributed by atoms with Crippen molar-refractivity contribution in [3.8, 4) is 0 Å². The van der Waals surface area contributed by atoms with Gasteiger partial charge in [-0.3, -0.25) is 15.2 Å². The van der Waals surface area contributed by atoms with Crippen molar-refractivity contribution >= 4 is 11.7 Å². The molecule has 0 spiro atoms. The highest BCUT2D eigenvalue weighted by molar-refractivity contribution is 5.80. The topological polar surface area (TPSA) is 82.2 Å². The molecule has 2 saturated heterocycles. The summed E-state index contributed by atoms with van der Waals surface area (Å²) in [6, 6.07) is 6.30. The molecule has 4 rings (SSSR count). The Morgan fingerprint density at radius 1 is 1.26 bits per heavy atom. The minimum absolute atomic E-state index is 0.000265. The Kier molecular flexibility index (Phi) is 5.26. The smallest absolute Gasteiger partial charge is 0.226 e. The molecule has 1 amide bonds. The normalized spacial score (nSPS) is 23.4. The van der Waals surface area contributed by atoms with Crippen LogP contribution in [0.15, 0.2) is 42.9 Å². The van der Waals surface area contributed by atoms with Crippen molar-refractivity contribution in [3.63, 3.8) is 0 Å². The molecule has 2 aromatic rings. The number of rotatable bonds is 4. The molecule has 1 aromatic carbocycles. The first-order valence-corrected chi connectivity index (χ1v) is 9.26. The van der Waals surface area contributed by atoms with E-state index >= 15 is 0 Å². The van der Waals surface area contributed by atoms with E-state index in [4.69, 9.17) is 0 Å². The molecule has 0 radical (unpaired) electrons. The van der Waals surface area contributed by atoms with Crippen LogP contribution in [-0.4, -0.2) is 41.6 Å². The van der Waals surface area contributed by atoms with Crippen LogP contribution in [0.2, 0.25) is 0 Å². The van der Waals surface area contributed by atoms with E-state index in [1.165, 1.54) is 12.1 Å². The molecule has 2 unspecified atom stereocenters. The second-order valence-corrected chi connectivity index (χ2v) is 7.00. The molecule has 2 aliphatic heterocycles. The zero-order chi connectivity index (χ0) is 18.6. The summed E-state index contributed by atoms with van der Waals surface area (Å²) in [4.78, 5) is 23.4. The van der Waals surface area contributed by atoms with Crippen molar-refractivity contribution in [1.29, 1.82) is 0 Å². The number of piperidine rings is 1. The molecule has 142 valence electrons. The van der Waals surface area contributed by atoms with Gasteiger partial charge in [-0.2, -0.15) is 0 Å². The van der Waals surface area contributed by atoms with Gasteiger partial charge in [-0.05, 0) is 30.5 Å². The van der Waals surface area contributed by atoms with Crippen LogP contribution in [0.4, 0.5) is 10.2 Å². The zero-order valence-electron chi connectivity index (χ0n) is 14.9. The SMILES string of the molecule is O=C(NC1CCN(c2cnccn2)CC1)C1CNNC1c1cccc(F)c1. The molecule has 3 heterocycles. The van der Waals surface area contributed by atoms with E-state index in [1.807, 2.05) is 6.07 Å². The monoisotopic (exact) mass is 370 g/mol. The third-order valence-electron chi connectivity index (χ3n) is 5.24. The predicted octanol–water partition coefficient (Wildman–Crippen LogP) is 1.17. The van der Waals surface area contributed by atoms with Gasteiger partial charge in [-0.1, -0.05) is 12.1 Å². The maximum absolute atomic E-state index is 13.5. The van der Waals surface area contributed by atoms with Crippen molar-refractivity contribution in [2.24, 2.45) is 5.92 Å². The van der Waals surface area contributed by atoms with Crippen molar-refractivity contribution < 1.29 is 9.18 Å². The van der Waals surface area contributed by atoms with Gasteiger partial charge in [0.2, 0.25) is 5.91 Å². The van der Waals surface area contributed by atoms with Crippen LogP contribution in [0.5, 0.6) is 0 Å². The van der Waals surface area contributed by atoms with Gasteiger partial charge < -0.3 is 10.2 Å². The van der Waals surface area contributed by atoms with Gasteiger partial charge in [-0.15, -0.1) is 0 Å². The molecule has 0 aliphatic carbocycles. The number of carbonyl (C=O) groups is 1. The van der Waals surface area contributed by atoms with Crippen molar-refractivity contribution in [2.75, 3.05) is 24.5 Å². The van der Waals surface area contributed by atoms with Crippen molar-refractivity contribution in [1.82, 2.24) is 26.1 Å². The van der Waals surface area contributed by atoms with E-state index in [0.29, 0.717) is 6.54 Å². The maximum Gasteiger partial charge on any atom is 0.226 e. The number of hydrogen-bond donors (Lipinski definition) is 3. The molecule has 0 saturated carbocycles. The molecular weight excluding hydrogens is 347 g/mol. The fourth-order valence-corrected chi connectivity index (χ4v) is 3.77. The molecule has 8 heteroatoms. The van der Waals surface area contributed by atoms with E-state index in [0.717, 1.165) is 37.3 Å². The number of hydrogen-bond acceptors (Lipinski definition) is 6. The summed E-state index contributed by atoms with van der Waals surface area (Å²) in [5, 5.41) is 3.17. The average Bonchev–Trinajstić information content (AvgIpc) is 3.19. The molecule has 27 heavy (non-hydrogen) atoms. The quantitative estimate of drug-likeness (QED) is 0.750. The number of anilines is 1. The second-order valence-electron chi connectivity index (χ2n) is 7.00. The fraction of sp³-hybridized carbons (Fsp3) is 0.421. The minimum Gasteiger partial charge on any atom is -0.355 e. The zero-order valence-corrected chi connectivity index (χ0v) is 14.9. The highest BCUT2D eigenvalue weighted by Gasteiger charge is 2.35. The largest absolute Gasteiger partial charge is 0.355 e. The van der Waals surface area contributed by atoms with Crippen LogP contribution in [0.3, 0.4) is 0 Å². The Morgan fingerprint density at radius 2 is 2.11 bits per heavy atom.